The minimum atomic E-state index is -0.679. The van der Waals surface area contributed by atoms with E-state index in [2.05, 4.69) is 11.4 Å². The fourth-order valence-corrected chi connectivity index (χ4v) is 1.06. The Hall–Kier alpha value is -1.56. The second-order valence-corrected chi connectivity index (χ2v) is 3.83. The summed E-state index contributed by atoms with van der Waals surface area (Å²) in [5.74, 6) is -0.260. The summed E-state index contributed by atoms with van der Waals surface area (Å²) in [6.07, 6.45) is 0. The van der Waals surface area contributed by atoms with Crippen molar-refractivity contribution in [3.8, 4) is 6.07 Å². The number of nitriles is 1. The third kappa shape index (κ3) is 2.46. The van der Waals surface area contributed by atoms with E-state index in [0.717, 1.165) is 0 Å². The van der Waals surface area contributed by atoms with E-state index in [-0.39, 0.29) is 5.82 Å². The van der Waals surface area contributed by atoms with Crippen molar-refractivity contribution in [2.24, 2.45) is 0 Å². The van der Waals surface area contributed by atoms with E-state index < -0.39 is 5.54 Å². The molecular weight excluding hydrogens is 179 g/mol. The third-order valence-corrected chi connectivity index (χ3v) is 1.91. The molecule has 0 aliphatic rings. The monoisotopic (exact) mass is 192 g/mol. The van der Waals surface area contributed by atoms with Gasteiger partial charge in [-0.3, -0.25) is 0 Å². The highest BCUT2D eigenvalue weighted by molar-refractivity contribution is 5.48. The highest BCUT2D eigenvalue weighted by atomic mass is 19.1. The number of aryl methyl sites for hydroxylation is 1. The lowest BCUT2D eigenvalue weighted by Crippen LogP contribution is -2.28. The molecule has 0 aliphatic heterocycles. The molecule has 74 valence electrons. The average Bonchev–Trinajstić information content (AvgIpc) is 2.11. The molecule has 2 nitrogen and oxygen atoms in total. The first-order valence-electron chi connectivity index (χ1n) is 4.40. The van der Waals surface area contributed by atoms with Crippen LogP contribution in [-0.2, 0) is 0 Å². The van der Waals surface area contributed by atoms with Crippen LogP contribution in [0.25, 0.3) is 0 Å². The zero-order valence-corrected chi connectivity index (χ0v) is 8.56. The molecule has 0 atom stereocenters. The van der Waals surface area contributed by atoms with Gasteiger partial charge < -0.3 is 5.32 Å². The number of nitrogens with one attached hydrogen (secondary N) is 1. The van der Waals surface area contributed by atoms with Gasteiger partial charge in [-0.1, -0.05) is 6.07 Å². The minimum absolute atomic E-state index is 0.260. The van der Waals surface area contributed by atoms with Crippen LogP contribution in [0.5, 0.6) is 0 Å². The summed E-state index contributed by atoms with van der Waals surface area (Å²) in [7, 11) is 0. The van der Waals surface area contributed by atoms with E-state index in [1.807, 2.05) is 0 Å². The molecule has 0 saturated heterocycles. The predicted octanol–water partition coefficient (Wildman–Crippen LogP) is 2.85. The van der Waals surface area contributed by atoms with E-state index in [4.69, 9.17) is 5.26 Å². The van der Waals surface area contributed by atoms with Crippen LogP contribution < -0.4 is 5.32 Å². The second kappa shape index (κ2) is 3.67. The molecule has 0 aromatic heterocycles. The minimum Gasteiger partial charge on any atom is -0.368 e. The van der Waals surface area contributed by atoms with Crippen molar-refractivity contribution in [3.63, 3.8) is 0 Å². The van der Waals surface area contributed by atoms with E-state index in [1.165, 1.54) is 6.07 Å². The van der Waals surface area contributed by atoms with E-state index in [1.54, 1.807) is 32.9 Å². The number of hydrogen-bond donors (Lipinski definition) is 1. The summed E-state index contributed by atoms with van der Waals surface area (Å²) in [6.45, 7) is 5.18. The summed E-state index contributed by atoms with van der Waals surface area (Å²) in [6, 6.07) is 6.93. The lowest BCUT2D eigenvalue weighted by molar-refractivity contribution is 0.618. The van der Waals surface area contributed by atoms with Crippen LogP contribution in [0.15, 0.2) is 18.2 Å². The molecule has 0 spiro atoms. The topological polar surface area (TPSA) is 35.8 Å². The first-order chi connectivity index (χ1) is 6.44. The largest absolute Gasteiger partial charge is 0.368 e. The molecular formula is C11H13FN2. The number of benzene rings is 1. The van der Waals surface area contributed by atoms with Crippen LogP contribution in [0.4, 0.5) is 10.1 Å². The van der Waals surface area contributed by atoms with Crippen molar-refractivity contribution in [2.75, 3.05) is 5.32 Å². The molecule has 0 aliphatic carbocycles. The lowest BCUT2D eigenvalue weighted by atomic mass is 10.1. The second-order valence-electron chi connectivity index (χ2n) is 3.83. The number of halogens is 1. The van der Waals surface area contributed by atoms with Gasteiger partial charge in [0, 0.05) is 5.69 Å². The molecule has 0 heterocycles. The van der Waals surface area contributed by atoms with Crippen molar-refractivity contribution in [3.05, 3.63) is 29.6 Å². The molecule has 1 aromatic carbocycles. The Morgan fingerprint density at radius 2 is 2.07 bits per heavy atom. The van der Waals surface area contributed by atoms with Gasteiger partial charge in [0.2, 0.25) is 0 Å². The summed E-state index contributed by atoms with van der Waals surface area (Å²) in [5.41, 5.74) is 0.548. The first-order valence-corrected chi connectivity index (χ1v) is 4.40. The summed E-state index contributed by atoms with van der Waals surface area (Å²) in [5, 5.41) is 11.7. The normalized spacial score (nSPS) is 10.8. The standard InChI is InChI=1S/C11H13FN2/c1-8-4-5-9(6-10(8)12)14-11(2,3)7-13/h4-6,14H,1-3H3. The maximum atomic E-state index is 13.1. The van der Waals surface area contributed by atoms with Gasteiger partial charge in [0.1, 0.15) is 11.4 Å². The Bertz CT molecular complexity index is 377. The van der Waals surface area contributed by atoms with Crippen LogP contribution in [-0.4, -0.2) is 5.54 Å². The molecule has 14 heavy (non-hydrogen) atoms. The Labute approximate surface area is 83.4 Å². The van der Waals surface area contributed by atoms with Crippen molar-refractivity contribution in [1.29, 1.82) is 5.26 Å². The van der Waals surface area contributed by atoms with Crippen molar-refractivity contribution >= 4 is 5.69 Å². The Balaban J connectivity index is 2.90. The molecule has 0 unspecified atom stereocenters. The van der Waals surface area contributed by atoms with Crippen molar-refractivity contribution < 1.29 is 4.39 Å². The number of rotatable bonds is 2. The Kier molecular flexibility index (Phi) is 2.76. The predicted molar refractivity (Wildman–Crippen MR) is 54.5 cm³/mol. The molecule has 1 aromatic rings. The third-order valence-electron chi connectivity index (χ3n) is 1.91. The summed E-state index contributed by atoms with van der Waals surface area (Å²) >= 11 is 0. The maximum Gasteiger partial charge on any atom is 0.128 e. The van der Waals surface area contributed by atoms with Crippen LogP contribution in [0.2, 0.25) is 0 Å². The first kappa shape index (κ1) is 10.5. The highest BCUT2D eigenvalue weighted by Gasteiger charge is 2.15. The average molecular weight is 192 g/mol. The van der Waals surface area contributed by atoms with Gasteiger partial charge in [-0.2, -0.15) is 5.26 Å². The molecule has 1 N–H and O–H groups in total. The van der Waals surface area contributed by atoms with E-state index in [0.29, 0.717) is 11.3 Å². The van der Waals surface area contributed by atoms with Gasteiger partial charge in [-0.15, -0.1) is 0 Å². The van der Waals surface area contributed by atoms with Crippen molar-refractivity contribution in [2.45, 2.75) is 26.3 Å². The maximum absolute atomic E-state index is 13.1. The molecule has 0 saturated carbocycles. The zero-order chi connectivity index (χ0) is 10.8. The Morgan fingerprint density at radius 1 is 1.43 bits per heavy atom. The van der Waals surface area contributed by atoms with Gasteiger partial charge in [0.25, 0.3) is 0 Å². The van der Waals surface area contributed by atoms with Gasteiger partial charge in [-0.05, 0) is 38.5 Å². The van der Waals surface area contributed by atoms with Gasteiger partial charge in [0.15, 0.2) is 0 Å². The highest BCUT2D eigenvalue weighted by Crippen LogP contribution is 2.17. The fraction of sp³-hybridized carbons (Fsp3) is 0.364. The summed E-state index contributed by atoms with van der Waals surface area (Å²) < 4.78 is 13.1. The van der Waals surface area contributed by atoms with Gasteiger partial charge in [0.05, 0.1) is 6.07 Å². The van der Waals surface area contributed by atoms with E-state index >= 15 is 0 Å². The lowest BCUT2D eigenvalue weighted by Gasteiger charge is -2.19. The van der Waals surface area contributed by atoms with E-state index in [9.17, 15) is 4.39 Å². The number of hydrogen-bond acceptors (Lipinski definition) is 2. The zero-order valence-electron chi connectivity index (χ0n) is 8.56. The van der Waals surface area contributed by atoms with Crippen LogP contribution >= 0.6 is 0 Å². The van der Waals surface area contributed by atoms with Gasteiger partial charge in [-0.25, -0.2) is 4.39 Å². The van der Waals surface area contributed by atoms with Crippen LogP contribution in [0.3, 0.4) is 0 Å². The quantitative estimate of drug-likeness (QED) is 0.782. The molecule has 3 heteroatoms. The molecule has 1 rings (SSSR count). The number of nitrogens with zero attached hydrogens (tertiary/aromatic N) is 1. The molecule has 0 fully saturated rings. The fourth-order valence-electron chi connectivity index (χ4n) is 1.06. The molecule has 0 amide bonds. The SMILES string of the molecule is Cc1ccc(NC(C)(C)C#N)cc1F. The number of anilines is 1. The van der Waals surface area contributed by atoms with Gasteiger partial charge >= 0.3 is 0 Å². The molecule has 0 radical (unpaired) electrons. The Morgan fingerprint density at radius 3 is 2.57 bits per heavy atom. The van der Waals surface area contributed by atoms with Crippen LogP contribution in [0, 0.1) is 24.1 Å². The van der Waals surface area contributed by atoms with Crippen molar-refractivity contribution in [1.82, 2.24) is 0 Å². The summed E-state index contributed by atoms with van der Waals surface area (Å²) in [4.78, 5) is 0. The van der Waals surface area contributed by atoms with Crippen LogP contribution in [0.1, 0.15) is 19.4 Å². The smallest absolute Gasteiger partial charge is 0.128 e. The molecule has 0 bridgehead atoms.